The molecule has 0 fully saturated rings. The van der Waals surface area contributed by atoms with Gasteiger partial charge in [-0.1, -0.05) is 0 Å². The van der Waals surface area contributed by atoms with Crippen molar-refractivity contribution in [1.82, 2.24) is 0 Å². The van der Waals surface area contributed by atoms with E-state index in [1.165, 1.54) is 0 Å². The van der Waals surface area contributed by atoms with Crippen LogP contribution < -0.4 is 40.4 Å². The van der Waals surface area contributed by atoms with E-state index < -0.39 is 29.9 Å². The minimum atomic E-state index is -1.42. The fourth-order valence-electron chi connectivity index (χ4n) is 0.539. The third-order valence-electron chi connectivity index (χ3n) is 1.34. The molecule has 5 N–H and O–H groups in total. The summed E-state index contributed by atoms with van der Waals surface area (Å²) >= 11 is 0. The quantitative estimate of drug-likeness (QED) is 0.274. The van der Waals surface area contributed by atoms with E-state index in [-0.39, 0.29) is 42.4 Å². The van der Waals surface area contributed by atoms with Crippen LogP contribution in [0.1, 0.15) is 12.8 Å². The number of rotatable bonds is 6. The van der Waals surface area contributed by atoms with Gasteiger partial charge in [-0.3, -0.25) is 4.79 Å². The van der Waals surface area contributed by atoms with E-state index >= 15 is 0 Å². The van der Waals surface area contributed by atoms with Gasteiger partial charge in [0.25, 0.3) is 0 Å². The molecule has 9 nitrogen and oxygen atoms in total. The number of nitrogens with two attached hydrogens (primary N) is 1. The molecule has 0 aromatic rings. The number of hydrogen-bond acceptors (Lipinski definition) is 6. The summed E-state index contributed by atoms with van der Waals surface area (Å²) in [5.41, 5.74) is 4.94. The van der Waals surface area contributed by atoms with Gasteiger partial charge in [-0.2, -0.15) is 0 Å². The minimum Gasteiger partial charge on any atom is -0.548 e. The number of carboxylic acid groups (broad SMARTS) is 4. The predicted octanol–water partition coefficient (Wildman–Crippen LogP) is -5.36. The van der Waals surface area contributed by atoms with Crippen molar-refractivity contribution in [3.05, 3.63) is 12.2 Å². The molecule has 0 aliphatic rings. The maximum atomic E-state index is 9.88. The van der Waals surface area contributed by atoms with Crippen LogP contribution in [0.15, 0.2) is 12.2 Å². The third kappa shape index (κ3) is 22.3. The molecular formula is C9H12NNaO8. The normalized spacial score (nSPS) is 10.6. The van der Waals surface area contributed by atoms with Crippen LogP contribution >= 0.6 is 0 Å². The van der Waals surface area contributed by atoms with Crippen LogP contribution in [0.2, 0.25) is 0 Å². The SMILES string of the molecule is N[C@@H](CCC(=O)O)C(=O)[O-].O=C(O)/C=C/C(=O)O.[Na+]. The molecule has 0 saturated heterocycles. The fraction of sp³-hybridized carbons (Fsp3) is 0.333. The van der Waals surface area contributed by atoms with Crippen LogP contribution in [0, 0.1) is 0 Å². The Morgan fingerprint density at radius 2 is 1.42 bits per heavy atom. The average molecular weight is 285 g/mol. The molecule has 0 aromatic carbocycles. The monoisotopic (exact) mass is 285 g/mol. The molecular weight excluding hydrogens is 273 g/mol. The van der Waals surface area contributed by atoms with E-state index in [4.69, 9.17) is 21.1 Å². The van der Waals surface area contributed by atoms with E-state index in [9.17, 15) is 24.3 Å². The summed E-state index contributed by atoms with van der Waals surface area (Å²) in [6.45, 7) is 0. The van der Waals surface area contributed by atoms with Crippen molar-refractivity contribution in [3.8, 4) is 0 Å². The number of aliphatic carboxylic acids is 4. The van der Waals surface area contributed by atoms with Crippen molar-refractivity contribution in [2.24, 2.45) is 5.73 Å². The van der Waals surface area contributed by atoms with Gasteiger partial charge in [0, 0.05) is 24.6 Å². The molecule has 0 bridgehead atoms. The fourth-order valence-corrected chi connectivity index (χ4v) is 0.539. The Balaban J connectivity index is -0.000000262. The van der Waals surface area contributed by atoms with Gasteiger partial charge in [0.2, 0.25) is 0 Å². The van der Waals surface area contributed by atoms with E-state index in [2.05, 4.69) is 0 Å². The molecule has 0 radical (unpaired) electrons. The van der Waals surface area contributed by atoms with Crippen LogP contribution in [0.25, 0.3) is 0 Å². The van der Waals surface area contributed by atoms with Crippen molar-refractivity contribution in [2.75, 3.05) is 0 Å². The van der Waals surface area contributed by atoms with Crippen LogP contribution in [0.3, 0.4) is 0 Å². The Hall–Kier alpha value is -1.42. The van der Waals surface area contributed by atoms with Gasteiger partial charge >= 0.3 is 47.5 Å². The summed E-state index contributed by atoms with van der Waals surface area (Å²) in [7, 11) is 0. The number of carbonyl (C=O) groups excluding carboxylic acids is 1. The Morgan fingerprint density at radius 3 is 1.63 bits per heavy atom. The summed E-state index contributed by atoms with van der Waals surface area (Å²) in [5.74, 6) is -4.99. The molecule has 0 aromatic heterocycles. The Labute approximate surface area is 130 Å². The second-order valence-corrected chi connectivity index (χ2v) is 2.87. The molecule has 0 amide bonds. The van der Waals surface area contributed by atoms with Crippen molar-refractivity contribution >= 4 is 23.9 Å². The second kappa shape index (κ2) is 13.0. The first-order valence-electron chi connectivity index (χ1n) is 4.49. The van der Waals surface area contributed by atoms with Gasteiger partial charge in [0.1, 0.15) is 0 Å². The number of carboxylic acids is 4. The van der Waals surface area contributed by atoms with Crippen LogP contribution in [-0.4, -0.2) is 45.2 Å². The number of carbonyl (C=O) groups is 4. The molecule has 0 aliphatic carbocycles. The predicted molar refractivity (Wildman–Crippen MR) is 54.3 cm³/mol. The Morgan fingerprint density at radius 1 is 1.05 bits per heavy atom. The maximum absolute atomic E-state index is 9.88. The molecule has 0 aliphatic heterocycles. The smallest absolute Gasteiger partial charge is 0.548 e. The summed E-state index contributed by atoms with van der Waals surface area (Å²) in [5, 5.41) is 33.6. The largest absolute Gasteiger partial charge is 1.00 e. The molecule has 19 heavy (non-hydrogen) atoms. The molecule has 0 rings (SSSR count). The van der Waals surface area contributed by atoms with E-state index in [0.29, 0.717) is 12.2 Å². The molecule has 102 valence electrons. The topological polar surface area (TPSA) is 178 Å². The van der Waals surface area contributed by atoms with Gasteiger partial charge in [-0.25, -0.2) is 9.59 Å². The third-order valence-corrected chi connectivity index (χ3v) is 1.34. The molecule has 0 saturated carbocycles. The zero-order valence-electron chi connectivity index (χ0n) is 10.1. The molecule has 10 heteroatoms. The summed E-state index contributed by atoms with van der Waals surface area (Å²) < 4.78 is 0. The zero-order valence-corrected chi connectivity index (χ0v) is 12.1. The van der Waals surface area contributed by atoms with E-state index in [1.54, 1.807) is 0 Å². The molecule has 0 unspecified atom stereocenters. The van der Waals surface area contributed by atoms with Gasteiger partial charge in [0.15, 0.2) is 0 Å². The standard InChI is InChI=1S/C5H9NO4.C4H4O4.Na/c6-3(5(9)10)1-2-4(7)8;5-3(6)1-2-4(7)8;/h3H,1-2,6H2,(H,7,8)(H,9,10);1-2H,(H,5,6)(H,7,8);/q;;+1/p-1/b;2-1+;/t3-;;/m0../s1. The number of hydrogen-bond donors (Lipinski definition) is 4. The van der Waals surface area contributed by atoms with Crippen molar-refractivity contribution < 1.29 is 69.2 Å². The van der Waals surface area contributed by atoms with Crippen molar-refractivity contribution in [1.29, 1.82) is 0 Å². The average Bonchev–Trinajstić information content (AvgIpc) is 2.23. The van der Waals surface area contributed by atoms with Gasteiger partial charge in [0.05, 0.1) is 5.97 Å². The summed E-state index contributed by atoms with van der Waals surface area (Å²) in [6.07, 6.45) is 0.789. The first kappa shape index (κ1) is 22.7. The Kier molecular flexibility index (Phi) is 15.6. The van der Waals surface area contributed by atoms with Crippen LogP contribution in [-0.2, 0) is 19.2 Å². The first-order chi connectivity index (χ1) is 8.16. The van der Waals surface area contributed by atoms with E-state index in [0.717, 1.165) is 0 Å². The van der Waals surface area contributed by atoms with Gasteiger partial charge in [-0.05, 0) is 6.42 Å². The van der Waals surface area contributed by atoms with Gasteiger partial charge in [-0.15, -0.1) is 0 Å². The van der Waals surface area contributed by atoms with Crippen LogP contribution in [0.5, 0.6) is 0 Å². The molecule has 1 atom stereocenters. The van der Waals surface area contributed by atoms with Crippen molar-refractivity contribution in [2.45, 2.75) is 18.9 Å². The minimum absolute atomic E-state index is 0. The van der Waals surface area contributed by atoms with Crippen molar-refractivity contribution in [3.63, 3.8) is 0 Å². The second-order valence-electron chi connectivity index (χ2n) is 2.87. The van der Waals surface area contributed by atoms with Gasteiger partial charge < -0.3 is 31.0 Å². The summed E-state index contributed by atoms with van der Waals surface area (Å²) in [6, 6.07) is -1.17. The van der Waals surface area contributed by atoms with E-state index in [1.807, 2.05) is 0 Å². The maximum Gasteiger partial charge on any atom is 1.00 e. The molecule has 0 spiro atoms. The first-order valence-corrected chi connectivity index (χ1v) is 4.49. The molecule has 0 heterocycles. The zero-order chi connectivity index (χ0) is 14.7. The Bertz CT molecular complexity index is 338. The summed E-state index contributed by atoms with van der Waals surface area (Å²) in [4.78, 5) is 38.8. The van der Waals surface area contributed by atoms with Crippen LogP contribution in [0.4, 0.5) is 0 Å².